The third-order valence-corrected chi connectivity index (χ3v) is 6.97. The molecule has 1 unspecified atom stereocenters. The molecule has 0 saturated carbocycles. The van der Waals surface area contributed by atoms with E-state index in [1.165, 1.54) is 12.1 Å². The number of nitrogens with zero attached hydrogens (tertiary/aromatic N) is 3. The molecule has 0 aromatic heterocycles. The highest BCUT2D eigenvalue weighted by atomic mass is 127. The third-order valence-electron chi connectivity index (χ3n) is 4.72. The lowest BCUT2D eigenvalue weighted by molar-refractivity contribution is 0.380. The van der Waals surface area contributed by atoms with E-state index in [-0.39, 0.29) is 47.3 Å². The van der Waals surface area contributed by atoms with Crippen molar-refractivity contribution in [2.75, 3.05) is 43.4 Å². The second-order valence-electron chi connectivity index (χ2n) is 6.28. The van der Waals surface area contributed by atoms with Crippen LogP contribution in [0.1, 0.15) is 12.8 Å². The van der Waals surface area contributed by atoms with Crippen LogP contribution in [0.5, 0.6) is 0 Å². The van der Waals surface area contributed by atoms with Gasteiger partial charge < -0.3 is 15.5 Å². The van der Waals surface area contributed by atoms with E-state index >= 15 is 0 Å². The molecule has 2 saturated heterocycles. The molecular weight excluding hydrogens is 458 g/mol. The fourth-order valence-corrected chi connectivity index (χ4v) is 4.93. The third kappa shape index (κ3) is 4.96. The topological polar surface area (TPSA) is 79.0 Å². The van der Waals surface area contributed by atoms with Crippen molar-refractivity contribution in [3.05, 3.63) is 30.1 Å². The Morgan fingerprint density at radius 2 is 1.84 bits per heavy atom. The lowest BCUT2D eigenvalue weighted by atomic mass is 10.2. The average Bonchev–Trinajstić information content (AvgIpc) is 2.92. The Kier molecular flexibility index (Phi) is 6.89. The zero-order valence-electron chi connectivity index (χ0n) is 14.0. The zero-order chi connectivity index (χ0) is 17.2. The molecule has 2 fully saturated rings. The Balaban J connectivity index is 0.00000225. The van der Waals surface area contributed by atoms with Crippen molar-refractivity contribution in [1.82, 2.24) is 4.90 Å². The molecule has 0 amide bonds. The summed E-state index contributed by atoms with van der Waals surface area (Å²) < 4.78 is 36.6. The number of hydrogen-bond donors (Lipinski definition) is 1. The lowest BCUT2D eigenvalue weighted by Crippen LogP contribution is -2.51. The molecule has 140 valence electrons. The predicted molar refractivity (Wildman–Crippen MR) is 109 cm³/mol. The maximum atomic E-state index is 13.0. The molecule has 25 heavy (non-hydrogen) atoms. The molecule has 1 aromatic carbocycles. The number of guanidine groups is 1. The standard InChI is InChI=1S/C16H23FN4O2S.HI/c17-13-3-5-14(6-4-13)20-7-9-21(10-8-20)16(18)19-12-15-2-1-11-24(15,22)23;/h3-6,15H,1-2,7-12H2,(H2,18,19);1H. The average molecular weight is 482 g/mol. The SMILES string of the molecule is I.NC(=NCC1CCCS1(=O)=O)N1CCN(c2ccc(F)cc2)CC1. The molecule has 2 aliphatic heterocycles. The second kappa shape index (κ2) is 8.52. The first kappa shape index (κ1) is 20.2. The molecular formula is C16H24FIN4O2S. The van der Waals surface area contributed by atoms with E-state index in [0.29, 0.717) is 25.5 Å². The van der Waals surface area contributed by atoms with E-state index in [1.54, 1.807) is 12.1 Å². The van der Waals surface area contributed by atoms with E-state index in [1.807, 2.05) is 4.90 Å². The molecule has 2 N–H and O–H groups in total. The Labute approximate surface area is 165 Å². The summed E-state index contributed by atoms with van der Waals surface area (Å²) >= 11 is 0. The van der Waals surface area contributed by atoms with Gasteiger partial charge in [0.15, 0.2) is 15.8 Å². The summed E-state index contributed by atoms with van der Waals surface area (Å²) in [6.07, 6.45) is 1.40. The first-order chi connectivity index (χ1) is 11.5. The number of nitrogens with two attached hydrogens (primary N) is 1. The van der Waals surface area contributed by atoms with Crippen molar-refractivity contribution in [3.8, 4) is 0 Å². The molecule has 1 aromatic rings. The van der Waals surface area contributed by atoms with Gasteiger partial charge in [0.1, 0.15) is 5.82 Å². The number of anilines is 1. The number of halogens is 2. The van der Waals surface area contributed by atoms with Crippen LogP contribution in [-0.2, 0) is 9.84 Å². The molecule has 2 aliphatic rings. The normalized spacial score (nSPS) is 23.4. The zero-order valence-corrected chi connectivity index (χ0v) is 17.1. The van der Waals surface area contributed by atoms with Crippen LogP contribution in [-0.4, -0.2) is 63.0 Å². The summed E-state index contributed by atoms with van der Waals surface area (Å²) in [6, 6.07) is 6.46. The van der Waals surface area contributed by atoms with Gasteiger partial charge in [-0.25, -0.2) is 12.8 Å². The van der Waals surface area contributed by atoms with Gasteiger partial charge in [-0.3, -0.25) is 4.99 Å². The number of sulfone groups is 1. The van der Waals surface area contributed by atoms with Gasteiger partial charge in [0.05, 0.1) is 17.5 Å². The van der Waals surface area contributed by atoms with Gasteiger partial charge in [-0.15, -0.1) is 24.0 Å². The van der Waals surface area contributed by atoms with Crippen LogP contribution in [0.3, 0.4) is 0 Å². The largest absolute Gasteiger partial charge is 0.370 e. The van der Waals surface area contributed by atoms with Crippen LogP contribution in [0, 0.1) is 5.82 Å². The Hall–Kier alpha value is -1.10. The number of benzene rings is 1. The Bertz CT molecular complexity index is 703. The summed E-state index contributed by atoms with van der Waals surface area (Å²) in [6.45, 7) is 3.22. The molecule has 1 atom stereocenters. The van der Waals surface area contributed by atoms with E-state index in [9.17, 15) is 12.8 Å². The van der Waals surface area contributed by atoms with E-state index in [0.717, 1.165) is 25.2 Å². The van der Waals surface area contributed by atoms with Crippen LogP contribution in [0.4, 0.5) is 10.1 Å². The fourth-order valence-electron chi connectivity index (χ4n) is 3.20. The molecule has 2 heterocycles. The summed E-state index contributed by atoms with van der Waals surface area (Å²) in [5, 5.41) is -0.378. The highest BCUT2D eigenvalue weighted by Gasteiger charge is 2.31. The number of piperazine rings is 1. The van der Waals surface area contributed by atoms with Gasteiger partial charge in [0, 0.05) is 31.9 Å². The second-order valence-corrected chi connectivity index (χ2v) is 8.68. The lowest BCUT2D eigenvalue weighted by Gasteiger charge is -2.36. The summed E-state index contributed by atoms with van der Waals surface area (Å²) in [7, 11) is -2.98. The molecule has 9 heteroatoms. The predicted octanol–water partition coefficient (Wildman–Crippen LogP) is 1.46. The van der Waals surface area contributed by atoms with E-state index in [4.69, 9.17) is 5.73 Å². The van der Waals surface area contributed by atoms with Gasteiger partial charge in [-0.2, -0.15) is 0 Å². The number of rotatable bonds is 3. The van der Waals surface area contributed by atoms with Crippen LogP contribution in [0.15, 0.2) is 29.3 Å². The maximum absolute atomic E-state index is 13.0. The smallest absolute Gasteiger partial charge is 0.191 e. The fraction of sp³-hybridized carbons (Fsp3) is 0.562. The van der Waals surface area contributed by atoms with Gasteiger partial charge in [0.25, 0.3) is 0 Å². The Morgan fingerprint density at radius 3 is 2.40 bits per heavy atom. The minimum absolute atomic E-state index is 0. The van der Waals surface area contributed by atoms with Crippen molar-refractivity contribution < 1.29 is 12.8 Å². The first-order valence-corrected chi connectivity index (χ1v) is 9.94. The summed E-state index contributed by atoms with van der Waals surface area (Å²) in [4.78, 5) is 8.45. The van der Waals surface area contributed by atoms with Crippen molar-refractivity contribution in [2.45, 2.75) is 18.1 Å². The van der Waals surface area contributed by atoms with Crippen LogP contribution in [0.2, 0.25) is 0 Å². The highest BCUT2D eigenvalue weighted by Crippen LogP contribution is 2.20. The van der Waals surface area contributed by atoms with Crippen LogP contribution < -0.4 is 10.6 Å². The van der Waals surface area contributed by atoms with Crippen molar-refractivity contribution in [2.24, 2.45) is 10.7 Å². The summed E-state index contributed by atoms with van der Waals surface area (Å²) in [5.74, 6) is 0.440. The number of aliphatic imine (C=N–C) groups is 1. The van der Waals surface area contributed by atoms with Gasteiger partial charge in [-0.1, -0.05) is 0 Å². The maximum Gasteiger partial charge on any atom is 0.191 e. The van der Waals surface area contributed by atoms with E-state index < -0.39 is 9.84 Å². The highest BCUT2D eigenvalue weighted by molar-refractivity contribution is 14.0. The minimum atomic E-state index is -2.98. The van der Waals surface area contributed by atoms with Crippen LogP contribution >= 0.6 is 24.0 Å². The minimum Gasteiger partial charge on any atom is -0.370 e. The molecule has 3 rings (SSSR count). The Morgan fingerprint density at radius 1 is 1.20 bits per heavy atom. The molecule has 0 bridgehead atoms. The van der Waals surface area contributed by atoms with Crippen LogP contribution in [0.25, 0.3) is 0 Å². The monoisotopic (exact) mass is 482 g/mol. The number of hydrogen-bond acceptors (Lipinski definition) is 4. The first-order valence-electron chi connectivity index (χ1n) is 8.23. The molecule has 0 radical (unpaired) electrons. The van der Waals surface area contributed by atoms with Crippen molar-refractivity contribution in [3.63, 3.8) is 0 Å². The molecule has 6 nitrogen and oxygen atoms in total. The van der Waals surface area contributed by atoms with Crippen molar-refractivity contribution in [1.29, 1.82) is 0 Å². The summed E-state index contributed by atoms with van der Waals surface area (Å²) in [5.41, 5.74) is 7.02. The van der Waals surface area contributed by atoms with Crippen molar-refractivity contribution >= 4 is 45.5 Å². The van der Waals surface area contributed by atoms with E-state index in [2.05, 4.69) is 9.89 Å². The van der Waals surface area contributed by atoms with Gasteiger partial charge >= 0.3 is 0 Å². The van der Waals surface area contributed by atoms with Gasteiger partial charge in [0.2, 0.25) is 0 Å². The molecule has 0 spiro atoms. The van der Waals surface area contributed by atoms with Gasteiger partial charge in [-0.05, 0) is 37.1 Å². The quantitative estimate of drug-likeness (QED) is 0.401. The molecule has 0 aliphatic carbocycles.